The molecule has 0 saturated heterocycles. The van der Waals surface area contributed by atoms with Gasteiger partial charge in [-0.1, -0.05) is 18.6 Å². The molecule has 1 aromatic carbocycles. The third-order valence-electron chi connectivity index (χ3n) is 4.11. The van der Waals surface area contributed by atoms with E-state index >= 15 is 0 Å². The summed E-state index contributed by atoms with van der Waals surface area (Å²) in [4.78, 5) is 12.5. The molecule has 2 saturated carbocycles. The number of carbonyl (C=O) groups excluding carboxylic acids is 1. The van der Waals surface area contributed by atoms with Gasteiger partial charge in [0.1, 0.15) is 5.75 Å². The fourth-order valence-corrected chi connectivity index (χ4v) is 2.52. The van der Waals surface area contributed by atoms with Crippen LogP contribution in [0.5, 0.6) is 5.75 Å². The molecular weight excluding hydrogens is 226 g/mol. The minimum absolute atomic E-state index is 0.192. The monoisotopic (exact) mass is 245 g/mol. The van der Waals surface area contributed by atoms with Crippen molar-refractivity contribution < 1.29 is 9.53 Å². The minimum atomic E-state index is -0.293. The van der Waals surface area contributed by atoms with Crippen molar-refractivity contribution in [2.75, 3.05) is 6.54 Å². The van der Waals surface area contributed by atoms with Crippen LogP contribution in [0.15, 0.2) is 24.3 Å². The molecule has 3 nitrogen and oxygen atoms in total. The summed E-state index contributed by atoms with van der Waals surface area (Å²) in [5.41, 5.74) is 6.24. The molecule has 0 aliphatic heterocycles. The van der Waals surface area contributed by atoms with Gasteiger partial charge in [0.2, 0.25) is 0 Å². The van der Waals surface area contributed by atoms with Crippen LogP contribution in [0, 0.1) is 5.41 Å². The molecule has 2 fully saturated rings. The van der Waals surface area contributed by atoms with E-state index in [9.17, 15) is 4.79 Å². The van der Waals surface area contributed by atoms with Gasteiger partial charge < -0.3 is 10.5 Å². The van der Waals surface area contributed by atoms with Gasteiger partial charge in [-0.3, -0.25) is 4.79 Å². The predicted octanol–water partition coefficient (Wildman–Crippen LogP) is 2.54. The maximum absolute atomic E-state index is 12.5. The summed E-state index contributed by atoms with van der Waals surface area (Å²) in [5.74, 6) is 1.01. The average Bonchev–Trinajstić information content (AvgIpc) is 3.12. The highest BCUT2D eigenvalue weighted by Crippen LogP contribution is 2.43. The molecule has 2 aliphatic rings. The van der Waals surface area contributed by atoms with Crippen molar-refractivity contribution in [1.29, 1.82) is 0 Å². The summed E-state index contributed by atoms with van der Waals surface area (Å²) in [6, 6.07) is 7.56. The standard InChI is InChI=1S/C15H19NO2/c16-10-15(7-2-8-15)14(17)11-3-1-4-13(9-11)18-12-5-6-12/h1,3-4,9,12H,2,5-8,10,16H2. The number of ketones is 1. The molecule has 0 amide bonds. The molecular formula is C15H19NO2. The number of hydrogen-bond donors (Lipinski definition) is 1. The molecule has 0 spiro atoms. The molecule has 0 aromatic heterocycles. The van der Waals surface area contributed by atoms with Crippen LogP contribution < -0.4 is 10.5 Å². The van der Waals surface area contributed by atoms with Crippen molar-refractivity contribution >= 4 is 5.78 Å². The van der Waals surface area contributed by atoms with Crippen LogP contribution in [0.25, 0.3) is 0 Å². The number of rotatable bonds is 5. The van der Waals surface area contributed by atoms with Crippen LogP contribution in [0.4, 0.5) is 0 Å². The van der Waals surface area contributed by atoms with Crippen LogP contribution >= 0.6 is 0 Å². The summed E-state index contributed by atoms with van der Waals surface area (Å²) < 4.78 is 5.73. The number of nitrogens with two attached hydrogens (primary N) is 1. The Bertz CT molecular complexity index is 456. The van der Waals surface area contributed by atoms with E-state index in [1.54, 1.807) is 0 Å². The molecule has 3 heteroatoms. The van der Waals surface area contributed by atoms with E-state index in [1.165, 1.54) is 0 Å². The van der Waals surface area contributed by atoms with E-state index in [0.29, 0.717) is 12.6 Å². The van der Waals surface area contributed by atoms with E-state index in [4.69, 9.17) is 10.5 Å². The summed E-state index contributed by atoms with van der Waals surface area (Å²) >= 11 is 0. The molecule has 0 heterocycles. The van der Waals surface area contributed by atoms with Gasteiger partial charge in [0.25, 0.3) is 0 Å². The number of hydrogen-bond acceptors (Lipinski definition) is 3. The van der Waals surface area contributed by atoms with Crippen molar-refractivity contribution in [3.8, 4) is 5.75 Å². The van der Waals surface area contributed by atoms with Crippen LogP contribution in [0.2, 0.25) is 0 Å². The summed E-state index contributed by atoms with van der Waals surface area (Å²) in [7, 11) is 0. The van der Waals surface area contributed by atoms with Gasteiger partial charge in [-0.2, -0.15) is 0 Å². The van der Waals surface area contributed by atoms with Gasteiger partial charge in [0.05, 0.1) is 6.10 Å². The Morgan fingerprint density at radius 2 is 2.17 bits per heavy atom. The quantitative estimate of drug-likeness (QED) is 0.811. The Balaban J connectivity index is 1.80. The number of Topliss-reactive ketones (excluding diaryl/α,β-unsaturated/α-hetero) is 1. The number of benzene rings is 1. The molecule has 2 N–H and O–H groups in total. The molecule has 96 valence electrons. The average molecular weight is 245 g/mol. The molecule has 18 heavy (non-hydrogen) atoms. The maximum atomic E-state index is 12.5. The zero-order valence-corrected chi connectivity index (χ0v) is 10.5. The second kappa shape index (κ2) is 4.39. The van der Waals surface area contributed by atoms with E-state index in [0.717, 1.165) is 43.4 Å². The highest BCUT2D eigenvalue weighted by molar-refractivity contribution is 6.01. The Labute approximate surface area is 107 Å². The van der Waals surface area contributed by atoms with E-state index < -0.39 is 0 Å². The largest absolute Gasteiger partial charge is 0.490 e. The molecule has 0 atom stereocenters. The lowest BCUT2D eigenvalue weighted by Gasteiger charge is -2.39. The lowest BCUT2D eigenvalue weighted by Crippen LogP contribution is -2.44. The van der Waals surface area contributed by atoms with Gasteiger partial charge in [0.15, 0.2) is 5.78 Å². The lowest BCUT2D eigenvalue weighted by molar-refractivity contribution is 0.0635. The van der Waals surface area contributed by atoms with Crippen molar-refractivity contribution in [2.45, 2.75) is 38.2 Å². The SMILES string of the molecule is NCC1(C(=O)c2cccc(OC3CC3)c2)CCC1. The highest BCUT2D eigenvalue weighted by atomic mass is 16.5. The first-order valence-electron chi connectivity index (χ1n) is 6.75. The molecule has 0 bridgehead atoms. The number of ether oxygens (including phenoxy) is 1. The molecule has 3 rings (SSSR count). The lowest BCUT2D eigenvalue weighted by atomic mass is 9.64. The molecule has 0 unspecified atom stereocenters. The van der Waals surface area contributed by atoms with E-state index in [-0.39, 0.29) is 11.2 Å². The van der Waals surface area contributed by atoms with Gasteiger partial charge >= 0.3 is 0 Å². The van der Waals surface area contributed by atoms with Gasteiger partial charge in [-0.15, -0.1) is 0 Å². The maximum Gasteiger partial charge on any atom is 0.170 e. The fourth-order valence-electron chi connectivity index (χ4n) is 2.52. The van der Waals surface area contributed by atoms with Crippen molar-refractivity contribution in [3.05, 3.63) is 29.8 Å². The molecule has 1 aromatic rings. The van der Waals surface area contributed by atoms with Gasteiger partial charge in [-0.05, 0) is 37.8 Å². The number of carbonyl (C=O) groups is 1. The Morgan fingerprint density at radius 1 is 1.39 bits per heavy atom. The third kappa shape index (κ3) is 2.03. The van der Waals surface area contributed by atoms with Crippen LogP contribution in [0.3, 0.4) is 0 Å². The molecule has 2 aliphatic carbocycles. The smallest absolute Gasteiger partial charge is 0.170 e. The van der Waals surface area contributed by atoms with Gasteiger partial charge in [0, 0.05) is 17.5 Å². The zero-order chi connectivity index (χ0) is 12.6. The highest BCUT2D eigenvalue weighted by Gasteiger charge is 2.43. The summed E-state index contributed by atoms with van der Waals surface area (Å²) in [5, 5.41) is 0. The van der Waals surface area contributed by atoms with Crippen LogP contribution in [-0.4, -0.2) is 18.4 Å². The Hall–Kier alpha value is -1.35. The topological polar surface area (TPSA) is 52.3 Å². The van der Waals surface area contributed by atoms with Crippen molar-refractivity contribution in [3.63, 3.8) is 0 Å². The molecule has 0 radical (unpaired) electrons. The Morgan fingerprint density at radius 3 is 2.72 bits per heavy atom. The summed E-state index contributed by atoms with van der Waals surface area (Å²) in [6.45, 7) is 0.458. The van der Waals surface area contributed by atoms with Crippen molar-refractivity contribution in [2.24, 2.45) is 11.1 Å². The van der Waals surface area contributed by atoms with Gasteiger partial charge in [-0.25, -0.2) is 0 Å². The fraction of sp³-hybridized carbons (Fsp3) is 0.533. The summed E-state index contributed by atoms with van der Waals surface area (Å²) in [6.07, 6.45) is 5.59. The zero-order valence-electron chi connectivity index (χ0n) is 10.5. The minimum Gasteiger partial charge on any atom is -0.490 e. The van der Waals surface area contributed by atoms with Crippen molar-refractivity contribution in [1.82, 2.24) is 0 Å². The second-order valence-electron chi connectivity index (χ2n) is 5.51. The van der Waals surface area contributed by atoms with Crippen LogP contribution in [-0.2, 0) is 0 Å². The second-order valence-corrected chi connectivity index (χ2v) is 5.51. The first kappa shape index (κ1) is 11.7. The van der Waals surface area contributed by atoms with E-state index in [2.05, 4.69) is 0 Å². The predicted molar refractivity (Wildman–Crippen MR) is 69.8 cm³/mol. The first-order chi connectivity index (χ1) is 8.73. The van der Waals surface area contributed by atoms with Crippen LogP contribution in [0.1, 0.15) is 42.5 Å². The first-order valence-corrected chi connectivity index (χ1v) is 6.75. The van der Waals surface area contributed by atoms with E-state index in [1.807, 2.05) is 24.3 Å². The normalized spacial score (nSPS) is 21.2. The Kier molecular flexibility index (Phi) is 2.86. The third-order valence-corrected chi connectivity index (χ3v) is 4.11.